The van der Waals surface area contributed by atoms with Gasteiger partial charge in [0.25, 0.3) is 0 Å². The molecule has 2 aliphatic heterocycles. The van der Waals surface area contributed by atoms with Gasteiger partial charge in [-0.2, -0.15) is 0 Å². The van der Waals surface area contributed by atoms with Gasteiger partial charge in [0.15, 0.2) is 10.8 Å². The highest BCUT2D eigenvalue weighted by molar-refractivity contribution is 7.80. The van der Waals surface area contributed by atoms with Gasteiger partial charge in [-0.25, -0.2) is 0 Å². The van der Waals surface area contributed by atoms with Crippen LogP contribution >= 0.6 is 35.4 Å². The first-order valence-corrected chi connectivity index (χ1v) is 11.6. The Hall–Kier alpha value is -2.80. The fourth-order valence-electron chi connectivity index (χ4n) is 4.66. The fraction of sp³-hybridized carbons (Fsp3) is 0.200. The minimum Gasteiger partial charge on any atom is -0.467 e. The summed E-state index contributed by atoms with van der Waals surface area (Å²) < 4.78 is 6.57. The van der Waals surface area contributed by atoms with E-state index < -0.39 is 17.7 Å². The van der Waals surface area contributed by atoms with E-state index >= 15 is 0 Å². The molecule has 2 heterocycles. The largest absolute Gasteiger partial charge is 0.467 e. The van der Waals surface area contributed by atoms with Gasteiger partial charge in [-0.1, -0.05) is 35.3 Å². The number of aryl methyl sites for hydroxylation is 1. The van der Waals surface area contributed by atoms with Crippen LogP contribution in [-0.2, 0) is 4.79 Å². The molecule has 3 aromatic carbocycles. The third-order valence-corrected chi connectivity index (χ3v) is 6.90. The van der Waals surface area contributed by atoms with Gasteiger partial charge in [0.2, 0.25) is 5.91 Å². The number of amides is 1. The van der Waals surface area contributed by atoms with Crippen molar-refractivity contribution < 1.29 is 9.53 Å². The Balaban J connectivity index is 1.63. The summed E-state index contributed by atoms with van der Waals surface area (Å²) >= 11 is 18.1. The molecule has 1 fully saturated rings. The Kier molecular flexibility index (Phi) is 5.47. The lowest BCUT2D eigenvalue weighted by Crippen LogP contribution is -2.72. The van der Waals surface area contributed by atoms with Crippen molar-refractivity contribution in [3.05, 3.63) is 87.9 Å². The van der Waals surface area contributed by atoms with Crippen LogP contribution in [0.3, 0.4) is 0 Å². The molecule has 2 bridgehead atoms. The third kappa shape index (κ3) is 3.82. The van der Waals surface area contributed by atoms with Gasteiger partial charge in [-0.15, -0.1) is 0 Å². The van der Waals surface area contributed by atoms with E-state index in [2.05, 4.69) is 10.6 Å². The molecule has 0 radical (unpaired) electrons. The molecule has 1 amide bonds. The lowest BCUT2D eigenvalue weighted by molar-refractivity contribution is -0.130. The van der Waals surface area contributed by atoms with Gasteiger partial charge >= 0.3 is 0 Å². The highest BCUT2D eigenvalue weighted by atomic mass is 35.5. The predicted octanol–water partition coefficient (Wildman–Crippen LogP) is 6.10. The molecule has 0 spiro atoms. The smallest absolute Gasteiger partial charge is 0.236 e. The zero-order chi connectivity index (χ0) is 23.3. The third-order valence-electron chi connectivity index (χ3n) is 6.11. The highest BCUT2D eigenvalue weighted by Gasteiger charge is 2.59. The number of anilines is 2. The average molecular weight is 498 g/mol. The van der Waals surface area contributed by atoms with Gasteiger partial charge in [0, 0.05) is 27.0 Å². The summed E-state index contributed by atoms with van der Waals surface area (Å²) in [5, 5.41) is 8.04. The van der Waals surface area contributed by atoms with Crippen LogP contribution in [0.15, 0.2) is 66.7 Å². The van der Waals surface area contributed by atoms with E-state index in [1.54, 1.807) is 30.3 Å². The van der Waals surface area contributed by atoms with E-state index in [0.717, 1.165) is 16.8 Å². The summed E-state index contributed by atoms with van der Waals surface area (Å²) in [6, 6.07) is 20.0. The molecule has 3 atom stereocenters. The normalized spacial score (nSPS) is 23.3. The summed E-state index contributed by atoms with van der Waals surface area (Å²) in [5.41, 5.74) is 2.27. The molecule has 0 aromatic heterocycles. The van der Waals surface area contributed by atoms with E-state index in [-0.39, 0.29) is 5.91 Å². The number of thiocarbonyl (C=S) groups is 1. The second-order valence-electron chi connectivity index (χ2n) is 8.41. The van der Waals surface area contributed by atoms with Crippen LogP contribution in [-0.4, -0.2) is 16.7 Å². The van der Waals surface area contributed by atoms with Crippen molar-refractivity contribution in [2.45, 2.75) is 25.6 Å². The Morgan fingerprint density at radius 2 is 1.82 bits per heavy atom. The number of hydrogen-bond acceptors (Lipinski definition) is 3. The van der Waals surface area contributed by atoms with Crippen LogP contribution in [0.1, 0.15) is 24.1 Å². The maximum Gasteiger partial charge on any atom is 0.236 e. The average Bonchev–Trinajstić information content (AvgIpc) is 2.75. The highest BCUT2D eigenvalue weighted by Crippen LogP contribution is 2.50. The zero-order valence-electron chi connectivity index (χ0n) is 17.9. The van der Waals surface area contributed by atoms with Crippen LogP contribution in [0.25, 0.3) is 0 Å². The lowest BCUT2D eigenvalue weighted by atomic mass is 9.78. The number of fused-ring (bicyclic) bond motifs is 4. The van der Waals surface area contributed by atoms with E-state index in [4.69, 9.17) is 40.2 Å². The maximum absolute atomic E-state index is 13.7. The quantitative estimate of drug-likeness (QED) is 0.428. The number of nitrogens with zero attached hydrogens (tertiary/aromatic N) is 1. The monoisotopic (exact) mass is 497 g/mol. The number of halogens is 2. The maximum atomic E-state index is 13.7. The second kappa shape index (κ2) is 8.20. The van der Waals surface area contributed by atoms with Crippen LogP contribution < -0.4 is 20.3 Å². The van der Waals surface area contributed by atoms with Crippen molar-refractivity contribution in [2.75, 3.05) is 10.2 Å². The number of carbonyl (C=O) groups is 1. The van der Waals surface area contributed by atoms with Crippen LogP contribution in [0.5, 0.6) is 5.75 Å². The summed E-state index contributed by atoms with van der Waals surface area (Å²) in [6.07, 6.45) is 0. The molecule has 3 aromatic rings. The number of carbonyl (C=O) groups excluding carboxylic acids is 1. The molecule has 33 heavy (non-hydrogen) atoms. The van der Waals surface area contributed by atoms with E-state index in [9.17, 15) is 4.79 Å². The summed E-state index contributed by atoms with van der Waals surface area (Å²) in [4.78, 5) is 15.6. The first-order chi connectivity index (χ1) is 15.8. The van der Waals surface area contributed by atoms with Crippen molar-refractivity contribution >= 4 is 57.8 Å². The number of nitrogens with one attached hydrogen (secondary N) is 2. The summed E-state index contributed by atoms with van der Waals surface area (Å²) in [5.74, 6) is -0.190. The zero-order valence-corrected chi connectivity index (χ0v) is 20.3. The second-order valence-corrected chi connectivity index (χ2v) is 9.67. The van der Waals surface area contributed by atoms with Crippen molar-refractivity contribution in [1.29, 1.82) is 0 Å². The standard InChI is InChI=1S/C25H21Cl2N3O2S/c1-14-4-3-5-18(12-14)30-24(33)29-22-19-13-16(27)8-11-20(19)32-25(30,2)21(22)23(31)28-17-9-6-15(26)7-10-17/h3-13,21-22H,1-2H3,(H,28,31)(H,29,33)/t21-,22-,25+/m0/s1. The number of hydrogen-bond donors (Lipinski definition) is 2. The first kappa shape index (κ1) is 22.0. The van der Waals surface area contributed by atoms with Gasteiger partial charge in [0.05, 0.1) is 6.04 Å². The predicted molar refractivity (Wildman–Crippen MR) is 136 cm³/mol. The molecule has 5 rings (SSSR count). The number of rotatable bonds is 3. The number of benzene rings is 3. The minimum absolute atomic E-state index is 0.205. The van der Waals surface area contributed by atoms with Gasteiger partial charge in [0.1, 0.15) is 11.7 Å². The SMILES string of the molecule is Cc1cccc(N2C(=S)N[C@H]3c4cc(Cl)ccc4O[C@]2(C)[C@@H]3C(=O)Nc2ccc(Cl)cc2)c1. The van der Waals surface area contributed by atoms with E-state index in [1.165, 1.54) is 0 Å². The van der Waals surface area contributed by atoms with Crippen molar-refractivity contribution in [1.82, 2.24) is 5.32 Å². The molecule has 0 aliphatic carbocycles. The molecule has 1 saturated heterocycles. The van der Waals surface area contributed by atoms with E-state index in [1.807, 2.05) is 55.1 Å². The Bertz CT molecular complexity index is 1270. The van der Waals surface area contributed by atoms with Crippen molar-refractivity contribution in [3.8, 4) is 5.75 Å². The molecule has 0 saturated carbocycles. The molecule has 8 heteroatoms. The Morgan fingerprint density at radius 1 is 1.09 bits per heavy atom. The van der Waals surface area contributed by atoms with E-state index in [0.29, 0.717) is 26.6 Å². The van der Waals surface area contributed by atoms with Crippen molar-refractivity contribution in [3.63, 3.8) is 0 Å². The molecule has 2 aliphatic rings. The van der Waals surface area contributed by atoms with Crippen LogP contribution in [0, 0.1) is 12.8 Å². The van der Waals surface area contributed by atoms with Crippen molar-refractivity contribution in [2.24, 2.45) is 5.92 Å². The van der Waals surface area contributed by atoms with Gasteiger partial charge in [-0.05, 0) is 86.2 Å². The minimum atomic E-state index is -1.09. The van der Waals surface area contributed by atoms with Crippen LogP contribution in [0.4, 0.5) is 11.4 Å². The molecule has 168 valence electrons. The molecule has 2 N–H and O–H groups in total. The summed E-state index contributed by atoms with van der Waals surface area (Å²) in [6.45, 7) is 3.91. The molecule has 5 nitrogen and oxygen atoms in total. The van der Waals surface area contributed by atoms with Gasteiger partial charge < -0.3 is 15.4 Å². The Labute approximate surface area is 207 Å². The fourth-order valence-corrected chi connectivity index (χ4v) is 5.38. The first-order valence-electron chi connectivity index (χ1n) is 10.5. The molecular weight excluding hydrogens is 477 g/mol. The van der Waals surface area contributed by atoms with Crippen LogP contribution in [0.2, 0.25) is 10.0 Å². The Morgan fingerprint density at radius 3 is 2.55 bits per heavy atom. The molecule has 0 unspecified atom stereocenters. The number of ether oxygens (including phenoxy) is 1. The lowest BCUT2D eigenvalue weighted by Gasteiger charge is -2.56. The molecular formula is C25H21Cl2N3O2S. The summed E-state index contributed by atoms with van der Waals surface area (Å²) in [7, 11) is 0. The topological polar surface area (TPSA) is 53.6 Å². The van der Waals surface area contributed by atoms with Gasteiger partial charge in [-0.3, -0.25) is 9.69 Å².